The summed E-state index contributed by atoms with van der Waals surface area (Å²) in [6.45, 7) is 10.9. The molecule has 7 nitrogen and oxygen atoms in total. The maximum absolute atomic E-state index is 11.5. The zero-order valence-corrected chi connectivity index (χ0v) is 16.3. The Labute approximate surface area is 154 Å². The van der Waals surface area contributed by atoms with Crippen LogP contribution in [0.1, 0.15) is 45.4 Å². The second-order valence-electron chi connectivity index (χ2n) is 6.45. The van der Waals surface area contributed by atoms with Crippen molar-refractivity contribution in [3.63, 3.8) is 0 Å². The third-order valence-electron chi connectivity index (χ3n) is 4.08. The number of amides is 1. The summed E-state index contributed by atoms with van der Waals surface area (Å²) in [4.78, 5) is 13.4. The summed E-state index contributed by atoms with van der Waals surface area (Å²) in [5.41, 5.74) is 10.9. The van der Waals surface area contributed by atoms with Gasteiger partial charge in [-0.15, -0.1) is 0 Å². The molecule has 0 unspecified atom stereocenters. The molecule has 7 heteroatoms. The second kappa shape index (κ2) is 19.6. The maximum atomic E-state index is 11.5. The van der Waals surface area contributed by atoms with Crippen LogP contribution in [0.15, 0.2) is 0 Å². The highest BCUT2D eigenvalue weighted by Crippen LogP contribution is 1.94. The number of rotatable bonds is 19. The van der Waals surface area contributed by atoms with Gasteiger partial charge in [0.15, 0.2) is 0 Å². The molecule has 0 aliphatic heterocycles. The third kappa shape index (κ3) is 17.9. The first-order valence-electron chi connectivity index (χ1n) is 10.00. The van der Waals surface area contributed by atoms with Crippen LogP contribution < -0.4 is 27.4 Å². The van der Waals surface area contributed by atoms with Crippen LogP contribution in [-0.4, -0.2) is 76.3 Å². The normalized spacial score (nSPS) is 11.0. The number of nitrogens with two attached hydrogens (primary N) is 2. The molecule has 0 saturated carbocycles. The van der Waals surface area contributed by atoms with Gasteiger partial charge >= 0.3 is 0 Å². The van der Waals surface area contributed by atoms with Gasteiger partial charge in [0.2, 0.25) is 5.91 Å². The first kappa shape index (κ1) is 24.3. The molecular formula is C18H42N6O. The van der Waals surface area contributed by atoms with Crippen molar-refractivity contribution in [1.29, 1.82) is 0 Å². The van der Waals surface area contributed by atoms with E-state index in [1.54, 1.807) is 6.92 Å². The predicted molar refractivity (Wildman–Crippen MR) is 107 cm³/mol. The Morgan fingerprint density at radius 2 is 1.12 bits per heavy atom. The Bertz CT molecular complexity index is 291. The predicted octanol–water partition coefficient (Wildman–Crippen LogP) is -0.138. The van der Waals surface area contributed by atoms with Crippen LogP contribution in [0.5, 0.6) is 0 Å². The van der Waals surface area contributed by atoms with Crippen LogP contribution >= 0.6 is 0 Å². The van der Waals surface area contributed by atoms with Gasteiger partial charge in [0.1, 0.15) is 0 Å². The maximum Gasteiger partial charge on any atom is 0.219 e. The van der Waals surface area contributed by atoms with Gasteiger partial charge in [-0.05, 0) is 90.9 Å². The van der Waals surface area contributed by atoms with Crippen molar-refractivity contribution < 1.29 is 4.79 Å². The first-order chi connectivity index (χ1) is 12.2. The van der Waals surface area contributed by atoms with Crippen LogP contribution in [0.4, 0.5) is 0 Å². The molecule has 0 aliphatic carbocycles. The molecule has 0 fully saturated rings. The molecular weight excluding hydrogens is 316 g/mol. The highest BCUT2D eigenvalue weighted by molar-refractivity contribution is 5.73. The number of hydrogen-bond acceptors (Lipinski definition) is 6. The number of carbonyl (C=O) groups is 1. The molecule has 0 saturated heterocycles. The van der Waals surface area contributed by atoms with Gasteiger partial charge in [0.05, 0.1) is 0 Å². The van der Waals surface area contributed by atoms with E-state index in [4.69, 9.17) is 11.5 Å². The van der Waals surface area contributed by atoms with E-state index in [1.165, 1.54) is 12.8 Å². The molecule has 0 heterocycles. The largest absolute Gasteiger partial charge is 0.343 e. The van der Waals surface area contributed by atoms with E-state index in [0.29, 0.717) is 6.54 Å². The average Bonchev–Trinajstić information content (AvgIpc) is 2.60. The highest BCUT2D eigenvalue weighted by Gasteiger charge is 2.06. The number of nitrogens with zero attached hydrogens (tertiary/aromatic N) is 1. The van der Waals surface area contributed by atoms with Crippen LogP contribution in [0.25, 0.3) is 0 Å². The summed E-state index contributed by atoms with van der Waals surface area (Å²) < 4.78 is 0. The molecule has 0 aromatic carbocycles. The summed E-state index contributed by atoms with van der Waals surface area (Å²) in [6, 6.07) is 0. The lowest BCUT2D eigenvalue weighted by molar-refractivity contribution is -0.128. The summed E-state index contributed by atoms with van der Waals surface area (Å²) in [5, 5.41) is 10.3. The monoisotopic (exact) mass is 358 g/mol. The Kier molecular flexibility index (Phi) is 19.0. The van der Waals surface area contributed by atoms with E-state index in [1.807, 2.05) is 4.90 Å². The summed E-state index contributed by atoms with van der Waals surface area (Å²) in [7, 11) is 0. The average molecular weight is 359 g/mol. The van der Waals surface area contributed by atoms with Crippen molar-refractivity contribution in [3.05, 3.63) is 0 Å². The van der Waals surface area contributed by atoms with Gasteiger partial charge < -0.3 is 32.3 Å². The molecule has 0 rings (SSSR count). The minimum atomic E-state index is 0.146. The zero-order chi connectivity index (χ0) is 18.6. The fourth-order valence-corrected chi connectivity index (χ4v) is 2.54. The lowest BCUT2D eigenvalue weighted by atomic mass is 10.3. The molecule has 0 aliphatic rings. The summed E-state index contributed by atoms with van der Waals surface area (Å²) in [5.74, 6) is 0.146. The minimum Gasteiger partial charge on any atom is -0.343 e. The van der Waals surface area contributed by atoms with E-state index >= 15 is 0 Å². The SMILES string of the molecule is CC(=O)N(CCCN)CCCNCCCNCCCCNCCCN. The van der Waals surface area contributed by atoms with E-state index in [0.717, 1.165) is 84.6 Å². The quantitative estimate of drug-likeness (QED) is 0.206. The minimum absolute atomic E-state index is 0.146. The number of nitrogens with one attached hydrogen (secondary N) is 3. The van der Waals surface area contributed by atoms with Gasteiger partial charge in [-0.1, -0.05) is 0 Å². The lowest BCUT2D eigenvalue weighted by Gasteiger charge is -2.20. The third-order valence-corrected chi connectivity index (χ3v) is 4.08. The standard InChI is InChI=1S/C18H42N6O/c1-18(25)24(16-5-9-20)17-7-15-23-14-6-13-22-11-3-2-10-21-12-4-8-19/h21-23H,2-17,19-20H2,1H3. The van der Waals surface area contributed by atoms with Crippen LogP contribution in [0, 0.1) is 0 Å². The van der Waals surface area contributed by atoms with Crippen LogP contribution in [-0.2, 0) is 4.79 Å². The molecule has 25 heavy (non-hydrogen) atoms. The number of carbonyl (C=O) groups excluding carboxylic acids is 1. The molecule has 0 atom stereocenters. The van der Waals surface area contributed by atoms with Crippen molar-refractivity contribution in [1.82, 2.24) is 20.9 Å². The van der Waals surface area contributed by atoms with E-state index in [-0.39, 0.29) is 5.91 Å². The van der Waals surface area contributed by atoms with Crippen LogP contribution in [0.3, 0.4) is 0 Å². The fourth-order valence-electron chi connectivity index (χ4n) is 2.54. The van der Waals surface area contributed by atoms with Gasteiger partial charge in [0.25, 0.3) is 0 Å². The second-order valence-corrected chi connectivity index (χ2v) is 6.45. The molecule has 0 aromatic heterocycles. The Morgan fingerprint density at radius 3 is 1.64 bits per heavy atom. The van der Waals surface area contributed by atoms with E-state index < -0.39 is 0 Å². The van der Waals surface area contributed by atoms with Gasteiger partial charge in [-0.3, -0.25) is 4.79 Å². The molecule has 1 amide bonds. The molecule has 7 N–H and O–H groups in total. The molecule has 150 valence electrons. The highest BCUT2D eigenvalue weighted by atomic mass is 16.2. The first-order valence-corrected chi connectivity index (χ1v) is 10.00. The topological polar surface area (TPSA) is 108 Å². The smallest absolute Gasteiger partial charge is 0.219 e. The fraction of sp³-hybridized carbons (Fsp3) is 0.944. The lowest BCUT2D eigenvalue weighted by Crippen LogP contribution is -2.33. The van der Waals surface area contributed by atoms with Crippen molar-refractivity contribution in [2.45, 2.75) is 45.4 Å². The summed E-state index contributed by atoms with van der Waals surface area (Å²) in [6.07, 6.45) is 6.50. The zero-order valence-electron chi connectivity index (χ0n) is 16.3. The van der Waals surface area contributed by atoms with Gasteiger partial charge in [-0.25, -0.2) is 0 Å². The van der Waals surface area contributed by atoms with E-state index in [9.17, 15) is 4.79 Å². The molecule has 0 spiro atoms. The van der Waals surface area contributed by atoms with E-state index in [2.05, 4.69) is 16.0 Å². The van der Waals surface area contributed by atoms with Crippen molar-refractivity contribution in [2.24, 2.45) is 11.5 Å². The van der Waals surface area contributed by atoms with Gasteiger partial charge in [0, 0.05) is 20.0 Å². The van der Waals surface area contributed by atoms with Crippen molar-refractivity contribution >= 4 is 5.91 Å². The van der Waals surface area contributed by atoms with Crippen molar-refractivity contribution in [3.8, 4) is 0 Å². The van der Waals surface area contributed by atoms with Crippen molar-refractivity contribution in [2.75, 3.05) is 65.4 Å². The molecule has 0 aromatic rings. The molecule has 0 radical (unpaired) electrons. The Hall–Kier alpha value is -0.730. The number of hydrogen-bond donors (Lipinski definition) is 5. The Balaban J connectivity index is 3.24. The molecule has 0 bridgehead atoms. The van der Waals surface area contributed by atoms with Gasteiger partial charge in [-0.2, -0.15) is 0 Å². The number of unbranched alkanes of at least 4 members (excludes halogenated alkanes) is 1. The van der Waals surface area contributed by atoms with Crippen LogP contribution in [0.2, 0.25) is 0 Å². The Morgan fingerprint density at radius 1 is 0.680 bits per heavy atom. The summed E-state index contributed by atoms with van der Waals surface area (Å²) >= 11 is 0.